The van der Waals surface area contributed by atoms with Crippen molar-refractivity contribution >= 4 is 46.2 Å². The maximum Gasteiger partial charge on any atom is 0.243 e. The number of hydrogen-bond acceptors (Lipinski definition) is 18. The van der Waals surface area contributed by atoms with Gasteiger partial charge in [-0.15, -0.1) is 21.5 Å². The highest BCUT2D eigenvalue weighted by Gasteiger charge is 2.47. The highest BCUT2D eigenvalue weighted by atomic mass is 32.1. The van der Waals surface area contributed by atoms with Crippen molar-refractivity contribution in [2.45, 2.75) is 165 Å². The van der Waals surface area contributed by atoms with Crippen LogP contribution in [0.1, 0.15) is 120 Å². The standard InChI is InChI=1S/C63H78N12O7S/c1-36(2)59(63(79)73-34-47(76)26-54(73)62(78)67-37(3)40-9-11-41(12-10-40)60-38(4)66-35-83-60)56-30-57(70-82-56)75-42-13-14-43(75)24-39(23-42)31-71-21-18-48(19-22-71)80-49-27-50(28-49)81-58-25-44(17-20-65-58)74-45-15-16-46(74)33-72(32-45)53-29-52(68-69-61(53)64)51-7-5-6-8-55(51)77/h5-12,17,20,25,29-30,35-37,39,42-43,45-50,54,59,76-77H,13-16,18-19,21-24,26-28,31-34H2,1-4H3,(H2,64,69)(H,67,78)/t37-,39?,42?,43?,45+,46?,47+,49?,50?,54-,59+/m0/s1. The maximum atomic E-state index is 14.5. The molecule has 10 heterocycles. The number of aromatic hydroxyl groups is 1. The lowest BCUT2D eigenvalue weighted by atomic mass is 9.89. The Morgan fingerprint density at radius 1 is 0.819 bits per heavy atom. The molecule has 4 aromatic heterocycles. The fraction of sp³-hybridized carbons (Fsp3) is 0.540. The minimum atomic E-state index is -0.802. The molecule has 0 radical (unpaired) electrons. The molecule has 1 saturated carbocycles. The average molecular weight is 1150 g/mol. The molecule has 5 N–H and O–H groups in total. The molecule has 83 heavy (non-hydrogen) atoms. The lowest BCUT2D eigenvalue weighted by molar-refractivity contribution is -0.141. The monoisotopic (exact) mass is 1150 g/mol. The number of thiazole rings is 1. The molecule has 4 bridgehead atoms. The summed E-state index contributed by atoms with van der Waals surface area (Å²) < 4.78 is 19.2. The van der Waals surface area contributed by atoms with Crippen LogP contribution in [0.15, 0.2) is 89.0 Å². The molecule has 6 saturated heterocycles. The average Bonchev–Trinajstić information content (AvgIpc) is 4.48. The molecular formula is C63H78N12O7S. The molecule has 6 aromatic rings. The predicted octanol–water partition coefficient (Wildman–Crippen LogP) is 8.52. The second-order valence-corrected chi connectivity index (χ2v) is 25.8. The molecule has 438 valence electrons. The van der Waals surface area contributed by atoms with Crippen molar-refractivity contribution in [1.82, 2.24) is 40.4 Å². The molecule has 2 aromatic carbocycles. The predicted molar refractivity (Wildman–Crippen MR) is 318 cm³/mol. The van der Waals surface area contributed by atoms with E-state index in [1.165, 1.54) is 0 Å². The lowest BCUT2D eigenvalue weighted by Crippen LogP contribution is -2.54. The topological polar surface area (TPSA) is 225 Å². The molecular weight excluding hydrogens is 1070 g/mol. The summed E-state index contributed by atoms with van der Waals surface area (Å²) in [6.45, 7) is 12.8. The number of nitrogens with zero attached hydrogens (tertiary/aromatic N) is 10. The van der Waals surface area contributed by atoms with Gasteiger partial charge in [-0.2, -0.15) is 0 Å². The van der Waals surface area contributed by atoms with Crippen LogP contribution in [0, 0.1) is 18.8 Å². The number of nitrogens with two attached hydrogens (primary N) is 1. The zero-order valence-electron chi connectivity index (χ0n) is 48.0. The molecule has 8 atom stereocenters. The Kier molecular flexibility index (Phi) is 15.5. The minimum absolute atomic E-state index is 0.0865. The number of fused-ring (bicyclic) bond motifs is 4. The van der Waals surface area contributed by atoms with Crippen LogP contribution in [0.5, 0.6) is 11.6 Å². The third-order valence-electron chi connectivity index (χ3n) is 19.1. The van der Waals surface area contributed by atoms with Crippen LogP contribution in [0.2, 0.25) is 0 Å². The number of amides is 2. The van der Waals surface area contributed by atoms with Gasteiger partial charge in [0.25, 0.3) is 0 Å². The van der Waals surface area contributed by atoms with E-state index in [1.807, 2.05) is 87.9 Å². The van der Waals surface area contributed by atoms with Crippen molar-refractivity contribution in [3.63, 3.8) is 0 Å². The van der Waals surface area contributed by atoms with Gasteiger partial charge in [0, 0.05) is 112 Å². The number of phenolic OH excluding ortho intramolecular Hbond substituents is 1. The van der Waals surface area contributed by atoms with E-state index in [4.69, 9.17) is 19.7 Å². The van der Waals surface area contributed by atoms with Gasteiger partial charge in [0.1, 0.15) is 23.8 Å². The zero-order valence-corrected chi connectivity index (χ0v) is 48.8. The largest absolute Gasteiger partial charge is 0.507 e. The maximum absolute atomic E-state index is 14.5. The number of piperidine rings is 2. The fourth-order valence-corrected chi connectivity index (χ4v) is 15.7. The van der Waals surface area contributed by atoms with E-state index in [2.05, 4.69) is 62.4 Å². The first-order valence-electron chi connectivity index (χ1n) is 30.3. The molecule has 2 amide bonds. The van der Waals surface area contributed by atoms with Crippen molar-refractivity contribution in [2.24, 2.45) is 11.8 Å². The number of aryl methyl sites for hydroxylation is 1. The number of carbonyl (C=O) groups excluding carboxylic acids is 2. The number of benzene rings is 2. The SMILES string of the molecule is Cc1ncsc1-c1ccc([C@H](C)NC(=O)[C@@H]2C[C@@H](O)CN2C(=O)[C@@H](c2cc(N3C4CCC3CC(CN3CCC(OC5CC(Oc6cc(N7C8CC[C@@H]7CN(c7cc(-c9ccccc9O)nnc7N)C8)ccn6)C5)CC3)C4)no2)C(C)C)cc1. The van der Waals surface area contributed by atoms with Crippen LogP contribution in [0.25, 0.3) is 21.7 Å². The smallest absolute Gasteiger partial charge is 0.243 e. The number of anilines is 4. The van der Waals surface area contributed by atoms with Crippen LogP contribution >= 0.6 is 11.3 Å². The normalized spacial score (nSPS) is 27.0. The molecule has 7 aliphatic rings. The number of hydrogen-bond donors (Lipinski definition) is 4. The van der Waals surface area contributed by atoms with E-state index in [-0.39, 0.29) is 60.8 Å². The summed E-state index contributed by atoms with van der Waals surface area (Å²) >= 11 is 1.60. The number of nitrogens with one attached hydrogen (secondary N) is 1. The molecule has 13 rings (SSSR count). The number of ether oxygens (including phenoxy) is 2. The van der Waals surface area contributed by atoms with Gasteiger partial charge in [-0.1, -0.05) is 55.4 Å². The summed E-state index contributed by atoms with van der Waals surface area (Å²) in [5, 5.41) is 37.7. The number of nitrogen functional groups attached to an aromatic ring is 1. The number of likely N-dealkylation sites (tertiary alicyclic amines) is 2. The minimum Gasteiger partial charge on any atom is -0.507 e. The van der Waals surface area contributed by atoms with Gasteiger partial charge in [-0.05, 0) is 112 Å². The lowest BCUT2D eigenvalue weighted by Gasteiger charge is -2.43. The van der Waals surface area contributed by atoms with Gasteiger partial charge < -0.3 is 59.8 Å². The Morgan fingerprint density at radius 2 is 1.55 bits per heavy atom. The number of aliphatic hydroxyl groups excluding tert-OH is 1. The van der Waals surface area contributed by atoms with Gasteiger partial charge in [0.05, 0.1) is 51.8 Å². The van der Waals surface area contributed by atoms with Gasteiger partial charge in [-0.3, -0.25) is 9.59 Å². The van der Waals surface area contributed by atoms with Gasteiger partial charge in [0.15, 0.2) is 17.4 Å². The molecule has 0 spiro atoms. The number of para-hydroxylation sites is 1. The molecule has 3 unspecified atom stereocenters. The second kappa shape index (κ2) is 23.3. The van der Waals surface area contributed by atoms with E-state index < -0.39 is 18.1 Å². The quantitative estimate of drug-likeness (QED) is 0.0671. The summed E-state index contributed by atoms with van der Waals surface area (Å²) in [7, 11) is 0. The van der Waals surface area contributed by atoms with E-state index in [1.54, 1.807) is 28.4 Å². The van der Waals surface area contributed by atoms with Crippen molar-refractivity contribution in [3.8, 4) is 33.3 Å². The first kappa shape index (κ1) is 55.3. The summed E-state index contributed by atoms with van der Waals surface area (Å²) in [5.41, 5.74) is 14.5. The number of rotatable bonds is 17. The van der Waals surface area contributed by atoms with E-state index >= 15 is 0 Å². The number of carbonyl (C=O) groups is 2. The Labute approximate surface area is 489 Å². The summed E-state index contributed by atoms with van der Waals surface area (Å²) in [5.74, 6) is 1.84. The van der Waals surface area contributed by atoms with Crippen LogP contribution in [0.3, 0.4) is 0 Å². The second-order valence-electron chi connectivity index (χ2n) is 25.0. The van der Waals surface area contributed by atoms with Crippen molar-refractivity contribution in [1.29, 1.82) is 0 Å². The van der Waals surface area contributed by atoms with Gasteiger partial charge in [-0.25, -0.2) is 9.97 Å². The number of aromatic nitrogens is 5. The first-order valence-corrected chi connectivity index (χ1v) is 31.1. The van der Waals surface area contributed by atoms with Gasteiger partial charge in [0.2, 0.25) is 17.7 Å². The highest BCUT2D eigenvalue weighted by molar-refractivity contribution is 7.13. The Bertz CT molecular complexity index is 3240. The van der Waals surface area contributed by atoms with Gasteiger partial charge >= 0.3 is 0 Å². The zero-order chi connectivity index (χ0) is 57.0. The third-order valence-corrected chi connectivity index (χ3v) is 20.1. The Hall–Kier alpha value is -6.87. The first-order chi connectivity index (χ1) is 40.3. The van der Waals surface area contributed by atoms with Crippen LogP contribution in [0.4, 0.5) is 23.0 Å². The number of aliphatic hydroxyl groups is 1. The summed E-state index contributed by atoms with van der Waals surface area (Å²) in [6, 6.07) is 23.7. The molecule has 1 aliphatic carbocycles. The van der Waals surface area contributed by atoms with Crippen LogP contribution < -0.4 is 30.5 Å². The van der Waals surface area contributed by atoms with Crippen molar-refractivity contribution in [3.05, 3.63) is 102 Å². The van der Waals surface area contributed by atoms with E-state index in [0.717, 1.165) is 136 Å². The molecule has 7 fully saturated rings. The van der Waals surface area contributed by atoms with Crippen molar-refractivity contribution in [2.75, 3.05) is 59.7 Å². The van der Waals surface area contributed by atoms with E-state index in [9.17, 15) is 19.8 Å². The summed E-state index contributed by atoms with van der Waals surface area (Å²) in [6.07, 6.45) is 12.2. The fourth-order valence-electron chi connectivity index (χ4n) is 14.8. The number of pyridine rings is 1. The van der Waals surface area contributed by atoms with Crippen LogP contribution in [-0.4, -0.2) is 151 Å². The molecule has 20 heteroatoms. The Balaban J connectivity index is 0.551. The highest BCUT2D eigenvalue weighted by Crippen LogP contribution is 2.45. The number of β-amino-alcohol motifs (C(OH)–C–C–N with tert-alkyl or cyclic N) is 1. The summed E-state index contributed by atoms with van der Waals surface area (Å²) in [4.78, 5) is 50.1. The molecule has 19 nitrogen and oxygen atoms in total. The Morgan fingerprint density at radius 3 is 2.27 bits per heavy atom. The number of phenols is 1. The third kappa shape index (κ3) is 11.4. The van der Waals surface area contributed by atoms with Crippen LogP contribution in [-0.2, 0) is 14.3 Å². The van der Waals surface area contributed by atoms with Crippen molar-refractivity contribution < 1.29 is 33.8 Å². The van der Waals surface area contributed by atoms with E-state index in [0.29, 0.717) is 58.8 Å². The molecule has 6 aliphatic heterocycles. The number of piperazine rings is 1.